The third-order valence-corrected chi connectivity index (χ3v) is 3.23. The fraction of sp³-hybridized carbons (Fsp3) is 0.500. The summed E-state index contributed by atoms with van der Waals surface area (Å²) in [4.78, 5) is 10.2. The van der Waals surface area contributed by atoms with Crippen molar-refractivity contribution in [2.75, 3.05) is 11.9 Å². The van der Waals surface area contributed by atoms with Gasteiger partial charge >= 0.3 is 0 Å². The van der Waals surface area contributed by atoms with Gasteiger partial charge in [-0.1, -0.05) is 6.42 Å². The maximum atomic E-state index is 10.6. The van der Waals surface area contributed by atoms with Crippen molar-refractivity contribution in [3.63, 3.8) is 0 Å². The van der Waals surface area contributed by atoms with Gasteiger partial charge in [0.05, 0.1) is 4.92 Å². The molecule has 2 rings (SSSR count). The molecule has 1 N–H and O–H groups in total. The molecule has 0 aliphatic heterocycles. The number of non-ortho nitro benzene ring substituents is 1. The van der Waals surface area contributed by atoms with Gasteiger partial charge in [-0.2, -0.15) is 0 Å². The standard InChI is InChI=1S/C12H16N2O2/c1-9-7-11(14(15)16)5-6-12(9)13-8-10-3-2-4-10/h5-7,10,13H,2-4,8H2,1H3. The van der Waals surface area contributed by atoms with Crippen molar-refractivity contribution in [3.8, 4) is 0 Å². The van der Waals surface area contributed by atoms with E-state index in [4.69, 9.17) is 0 Å². The summed E-state index contributed by atoms with van der Waals surface area (Å²) in [6, 6.07) is 4.96. The van der Waals surface area contributed by atoms with E-state index in [0.717, 1.165) is 23.7 Å². The summed E-state index contributed by atoms with van der Waals surface area (Å²) in [6.07, 6.45) is 3.95. The third-order valence-electron chi connectivity index (χ3n) is 3.23. The molecule has 0 bridgehead atoms. The van der Waals surface area contributed by atoms with Crippen molar-refractivity contribution in [1.29, 1.82) is 0 Å². The highest BCUT2D eigenvalue weighted by Crippen LogP contribution is 2.27. The van der Waals surface area contributed by atoms with Crippen LogP contribution < -0.4 is 5.32 Å². The first kappa shape index (κ1) is 10.9. The van der Waals surface area contributed by atoms with Gasteiger partial charge in [0.2, 0.25) is 0 Å². The molecular formula is C12H16N2O2. The molecule has 86 valence electrons. The van der Waals surface area contributed by atoms with Crippen LogP contribution in [0.2, 0.25) is 0 Å². The van der Waals surface area contributed by atoms with E-state index in [-0.39, 0.29) is 10.6 Å². The lowest BCUT2D eigenvalue weighted by Crippen LogP contribution is -2.21. The van der Waals surface area contributed by atoms with Crippen LogP contribution in [0.25, 0.3) is 0 Å². The van der Waals surface area contributed by atoms with Gasteiger partial charge in [0.25, 0.3) is 5.69 Å². The maximum Gasteiger partial charge on any atom is 0.269 e. The van der Waals surface area contributed by atoms with Crippen molar-refractivity contribution >= 4 is 11.4 Å². The van der Waals surface area contributed by atoms with Crippen LogP contribution in [-0.4, -0.2) is 11.5 Å². The highest BCUT2D eigenvalue weighted by atomic mass is 16.6. The molecule has 0 saturated heterocycles. The van der Waals surface area contributed by atoms with E-state index >= 15 is 0 Å². The van der Waals surface area contributed by atoms with Gasteiger partial charge in [-0.15, -0.1) is 0 Å². The number of nitro benzene ring substituents is 1. The minimum absolute atomic E-state index is 0.159. The predicted octanol–water partition coefficient (Wildman–Crippen LogP) is 3.12. The highest BCUT2D eigenvalue weighted by Gasteiger charge is 2.17. The predicted molar refractivity (Wildman–Crippen MR) is 63.7 cm³/mol. The molecule has 1 aromatic rings. The molecule has 16 heavy (non-hydrogen) atoms. The molecular weight excluding hydrogens is 204 g/mol. The van der Waals surface area contributed by atoms with Crippen LogP contribution in [0, 0.1) is 23.0 Å². The van der Waals surface area contributed by atoms with Gasteiger partial charge in [0.15, 0.2) is 0 Å². The van der Waals surface area contributed by atoms with E-state index in [9.17, 15) is 10.1 Å². The molecule has 0 unspecified atom stereocenters. The van der Waals surface area contributed by atoms with Crippen molar-refractivity contribution in [2.45, 2.75) is 26.2 Å². The van der Waals surface area contributed by atoms with Crippen LogP contribution in [0.5, 0.6) is 0 Å². The number of hydrogen-bond acceptors (Lipinski definition) is 3. The second-order valence-corrected chi connectivity index (χ2v) is 4.43. The average molecular weight is 220 g/mol. The molecule has 1 aromatic carbocycles. The quantitative estimate of drug-likeness (QED) is 0.626. The topological polar surface area (TPSA) is 55.2 Å². The second-order valence-electron chi connectivity index (χ2n) is 4.43. The summed E-state index contributed by atoms with van der Waals surface area (Å²) < 4.78 is 0. The molecule has 0 radical (unpaired) electrons. The van der Waals surface area contributed by atoms with E-state index in [1.807, 2.05) is 6.92 Å². The van der Waals surface area contributed by atoms with Crippen molar-refractivity contribution < 1.29 is 4.92 Å². The van der Waals surface area contributed by atoms with Gasteiger partial charge < -0.3 is 5.32 Å². The monoisotopic (exact) mass is 220 g/mol. The Morgan fingerprint density at radius 3 is 2.75 bits per heavy atom. The average Bonchev–Trinajstić information content (AvgIpc) is 2.17. The zero-order valence-electron chi connectivity index (χ0n) is 9.40. The smallest absolute Gasteiger partial charge is 0.269 e. The molecule has 0 aromatic heterocycles. The zero-order chi connectivity index (χ0) is 11.5. The fourth-order valence-corrected chi connectivity index (χ4v) is 1.91. The van der Waals surface area contributed by atoms with Crippen LogP contribution in [0.1, 0.15) is 24.8 Å². The van der Waals surface area contributed by atoms with Crippen molar-refractivity contribution in [2.24, 2.45) is 5.92 Å². The number of benzene rings is 1. The lowest BCUT2D eigenvalue weighted by molar-refractivity contribution is -0.384. The van der Waals surface area contributed by atoms with Gasteiger partial charge in [-0.25, -0.2) is 0 Å². The van der Waals surface area contributed by atoms with Crippen molar-refractivity contribution in [1.82, 2.24) is 0 Å². The van der Waals surface area contributed by atoms with Gasteiger partial charge in [0.1, 0.15) is 0 Å². The normalized spacial score (nSPS) is 15.6. The van der Waals surface area contributed by atoms with Crippen LogP contribution in [-0.2, 0) is 0 Å². The lowest BCUT2D eigenvalue weighted by atomic mass is 9.85. The van der Waals surface area contributed by atoms with E-state index in [2.05, 4.69) is 5.32 Å². The first-order valence-electron chi connectivity index (χ1n) is 5.66. The molecule has 1 fully saturated rings. The number of rotatable bonds is 4. The number of aryl methyl sites for hydroxylation is 1. The minimum atomic E-state index is -0.358. The molecule has 1 aliphatic rings. The number of nitrogens with zero attached hydrogens (tertiary/aromatic N) is 1. The Morgan fingerprint density at radius 2 is 2.25 bits per heavy atom. The Morgan fingerprint density at radius 1 is 1.50 bits per heavy atom. The molecule has 0 heterocycles. The molecule has 1 aliphatic carbocycles. The molecule has 0 atom stereocenters. The number of nitro groups is 1. The van der Waals surface area contributed by atoms with E-state index in [1.165, 1.54) is 19.3 Å². The SMILES string of the molecule is Cc1cc([N+](=O)[O-])ccc1NCC1CCC1. The van der Waals surface area contributed by atoms with Crippen LogP contribution in [0.3, 0.4) is 0 Å². The summed E-state index contributed by atoms with van der Waals surface area (Å²) in [5.74, 6) is 0.787. The van der Waals surface area contributed by atoms with Gasteiger partial charge in [-0.3, -0.25) is 10.1 Å². The number of hydrogen-bond donors (Lipinski definition) is 1. The van der Waals surface area contributed by atoms with Crippen LogP contribution in [0.4, 0.5) is 11.4 Å². The molecule has 1 saturated carbocycles. The Labute approximate surface area is 94.8 Å². The molecule has 4 nitrogen and oxygen atoms in total. The minimum Gasteiger partial charge on any atom is -0.385 e. The summed E-state index contributed by atoms with van der Waals surface area (Å²) in [6.45, 7) is 2.88. The molecule has 0 amide bonds. The summed E-state index contributed by atoms with van der Waals surface area (Å²) in [5, 5.41) is 13.9. The Bertz CT molecular complexity index is 400. The lowest BCUT2D eigenvalue weighted by Gasteiger charge is -2.26. The van der Waals surface area contributed by atoms with E-state index < -0.39 is 0 Å². The molecule has 0 spiro atoms. The third kappa shape index (κ3) is 2.32. The second kappa shape index (κ2) is 4.51. The summed E-state index contributed by atoms with van der Waals surface area (Å²) in [7, 11) is 0. The van der Waals surface area contributed by atoms with Gasteiger partial charge in [-0.05, 0) is 37.3 Å². The first-order valence-corrected chi connectivity index (χ1v) is 5.66. The van der Waals surface area contributed by atoms with E-state index in [1.54, 1.807) is 18.2 Å². The Hall–Kier alpha value is -1.58. The van der Waals surface area contributed by atoms with Crippen LogP contribution >= 0.6 is 0 Å². The first-order chi connectivity index (χ1) is 7.66. The zero-order valence-corrected chi connectivity index (χ0v) is 9.40. The number of nitrogens with one attached hydrogen (secondary N) is 1. The van der Waals surface area contributed by atoms with Gasteiger partial charge in [0, 0.05) is 24.4 Å². The Kier molecular flexibility index (Phi) is 3.08. The highest BCUT2D eigenvalue weighted by molar-refractivity contribution is 5.55. The fourth-order valence-electron chi connectivity index (χ4n) is 1.91. The summed E-state index contributed by atoms with van der Waals surface area (Å²) >= 11 is 0. The largest absolute Gasteiger partial charge is 0.385 e. The van der Waals surface area contributed by atoms with E-state index in [0.29, 0.717) is 0 Å². The van der Waals surface area contributed by atoms with Crippen molar-refractivity contribution in [3.05, 3.63) is 33.9 Å². The van der Waals surface area contributed by atoms with Crippen LogP contribution in [0.15, 0.2) is 18.2 Å². The Balaban J connectivity index is 2.00. The summed E-state index contributed by atoms with van der Waals surface area (Å²) in [5.41, 5.74) is 2.11. The maximum absolute atomic E-state index is 10.6. The molecule has 4 heteroatoms. The number of anilines is 1.